The summed E-state index contributed by atoms with van der Waals surface area (Å²) in [5.74, 6) is 0.744. The number of imidazole rings is 1. The van der Waals surface area contributed by atoms with E-state index in [9.17, 15) is 4.79 Å². The van der Waals surface area contributed by atoms with Crippen LogP contribution in [0, 0.1) is 0 Å². The van der Waals surface area contributed by atoms with Crippen LogP contribution in [-0.4, -0.2) is 20.4 Å². The van der Waals surface area contributed by atoms with Gasteiger partial charge in [-0.05, 0) is 30.7 Å². The molecular formula is C32H48N4O. The Morgan fingerprint density at radius 3 is 1.89 bits per heavy atom. The van der Waals surface area contributed by atoms with Gasteiger partial charge >= 0.3 is 0 Å². The van der Waals surface area contributed by atoms with Gasteiger partial charge in [-0.25, -0.2) is 4.98 Å². The number of hydrogen-bond acceptors (Lipinski definition) is 3. The van der Waals surface area contributed by atoms with Gasteiger partial charge in [-0.1, -0.05) is 121 Å². The van der Waals surface area contributed by atoms with Crippen molar-refractivity contribution in [3.8, 4) is 0 Å². The summed E-state index contributed by atoms with van der Waals surface area (Å²) in [6.07, 6.45) is 23.6. The fraction of sp³-hybridized carbons (Fsp3) is 0.594. The lowest BCUT2D eigenvalue weighted by Gasteiger charge is -2.10. The Morgan fingerprint density at radius 1 is 0.730 bits per heavy atom. The van der Waals surface area contributed by atoms with E-state index >= 15 is 0 Å². The van der Waals surface area contributed by atoms with Gasteiger partial charge in [-0.2, -0.15) is 0 Å². The number of pyridine rings is 1. The molecule has 0 aliphatic rings. The number of amides is 1. The van der Waals surface area contributed by atoms with Crippen molar-refractivity contribution in [1.82, 2.24) is 19.9 Å². The van der Waals surface area contributed by atoms with Crippen LogP contribution < -0.4 is 5.32 Å². The van der Waals surface area contributed by atoms with E-state index in [1.54, 1.807) is 12.3 Å². The average Bonchev–Trinajstić information content (AvgIpc) is 3.29. The molecule has 3 aromatic rings. The zero-order chi connectivity index (χ0) is 26.0. The predicted molar refractivity (Wildman–Crippen MR) is 155 cm³/mol. The largest absolute Gasteiger partial charge is 0.343 e. The Balaban J connectivity index is 1.28. The van der Waals surface area contributed by atoms with Crippen LogP contribution in [0.5, 0.6) is 0 Å². The van der Waals surface area contributed by atoms with Crippen molar-refractivity contribution < 1.29 is 4.79 Å². The molecule has 0 radical (unpaired) electrons. The van der Waals surface area contributed by atoms with Gasteiger partial charge in [-0.3, -0.25) is 9.78 Å². The molecule has 0 saturated carbocycles. The molecule has 0 aliphatic heterocycles. The Kier molecular flexibility index (Phi) is 13.8. The van der Waals surface area contributed by atoms with E-state index in [1.165, 1.54) is 96.3 Å². The van der Waals surface area contributed by atoms with Crippen LogP contribution in [0.4, 0.5) is 0 Å². The molecule has 0 saturated heterocycles. The normalized spacial score (nSPS) is 11.3. The summed E-state index contributed by atoms with van der Waals surface area (Å²) < 4.78 is 2.28. The van der Waals surface area contributed by atoms with Gasteiger partial charge < -0.3 is 9.88 Å². The number of carbonyl (C=O) groups is 1. The molecule has 202 valence electrons. The van der Waals surface area contributed by atoms with Gasteiger partial charge in [0.25, 0.3) is 5.91 Å². The van der Waals surface area contributed by atoms with E-state index in [1.807, 2.05) is 24.3 Å². The highest BCUT2D eigenvalue weighted by atomic mass is 16.1. The van der Waals surface area contributed by atoms with Crippen molar-refractivity contribution in [1.29, 1.82) is 0 Å². The molecular weight excluding hydrogens is 456 g/mol. The second-order valence-corrected chi connectivity index (χ2v) is 10.4. The first-order valence-corrected chi connectivity index (χ1v) is 14.9. The second-order valence-electron chi connectivity index (χ2n) is 10.4. The maximum Gasteiger partial charge on any atom is 0.270 e. The molecule has 0 spiro atoms. The van der Waals surface area contributed by atoms with Crippen LogP contribution in [-0.2, 0) is 13.1 Å². The van der Waals surface area contributed by atoms with Gasteiger partial charge in [0.2, 0.25) is 0 Å². The molecule has 3 rings (SSSR count). The molecule has 0 fully saturated rings. The summed E-state index contributed by atoms with van der Waals surface area (Å²) in [5, 5.41) is 2.99. The highest BCUT2D eigenvalue weighted by Crippen LogP contribution is 2.18. The van der Waals surface area contributed by atoms with Crippen LogP contribution >= 0.6 is 0 Å². The van der Waals surface area contributed by atoms with E-state index in [0.717, 1.165) is 29.8 Å². The molecule has 0 bridgehead atoms. The molecule has 5 nitrogen and oxygen atoms in total. The quantitative estimate of drug-likeness (QED) is 0.157. The maximum absolute atomic E-state index is 12.5. The Bertz CT molecular complexity index is 1010. The standard InChI is InChI=1S/C32H48N4O/c1-2-3-4-5-6-7-8-9-10-11-12-13-14-15-16-21-26-36-30-24-18-17-22-28(30)35-31(36)27-34-32(37)29-23-19-20-25-33-29/h17-20,22-25H,2-16,21,26-27H2,1H3,(H,34,37). The van der Waals surface area contributed by atoms with Gasteiger partial charge in [0.05, 0.1) is 17.6 Å². The smallest absolute Gasteiger partial charge is 0.270 e. The van der Waals surface area contributed by atoms with E-state index < -0.39 is 0 Å². The number of nitrogens with zero attached hydrogens (tertiary/aromatic N) is 3. The third-order valence-electron chi connectivity index (χ3n) is 7.27. The lowest BCUT2D eigenvalue weighted by molar-refractivity contribution is 0.0944. The number of unbranched alkanes of at least 4 members (excludes halogenated alkanes) is 15. The molecule has 0 aliphatic carbocycles. The highest BCUT2D eigenvalue weighted by molar-refractivity contribution is 5.92. The highest BCUT2D eigenvalue weighted by Gasteiger charge is 2.12. The number of aryl methyl sites for hydroxylation is 1. The summed E-state index contributed by atoms with van der Waals surface area (Å²) in [6.45, 7) is 3.63. The van der Waals surface area contributed by atoms with Crippen molar-refractivity contribution in [2.24, 2.45) is 0 Å². The molecule has 0 unspecified atom stereocenters. The lowest BCUT2D eigenvalue weighted by atomic mass is 10.0. The van der Waals surface area contributed by atoms with Gasteiger partial charge in [0.1, 0.15) is 11.5 Å². The van der Waals surface area contributed by atoms with Gasteiger partial charge in [0, 0.05) is 12.7 Å². The third-order valence-corrected chi connectivity index (χ3v) is 7.27. The number of fused-ring (bicyclic) bond motifs is 1. The summed E-state index contributed by atoms with van der Waals surface area (Å²) in [4.78, 5) is 21.4. The lowest BCUT2D eigenvalue weighted by Crippen LogP contribution is -2.25. The van der Waals surface area contributed by atoms with Crippen LogP contribution in [0.15, 0.2) is 48.7 Å². The minimum Gasteiger partial charge on any atom is -0.343 e. The molecule has 5 heteroatoms. The first-order valence-electron chi connectivity index (χ1n) is 14.9. The molecule has 0 atom stereocenters. The fourth-order valence-corrected chi connectivity index (χ4v) is 5.07. The molecule has 1 amide bonds. The molecule has 1 aromatic carbocycles. The number of benzene rings is 1. The van der Waals surface area contributed by atoms with Crippen molar-refractivity contribution in [2.45, 2.75) is 123 Å². The monoisotopic (exact) mass is 504 g/mol. The fourth-order valence-electron chi connectivity index (χ4n) is 5.07. The number of hydrogen-bond donors (Lipinski definition) is 1. The molecule has 2 heterocycles. The first kappa shape index (κ1) is 28.9. The van der Waals surface area contributed by atoms with Crippen molar-refractivity contribution in [3.63, 3.8) is 0 Å². The van der Waals surface area contributed by atoms with Crippen molar-refractivity contribution >= 4 is 16.9 Å². The van der Waals surface area contributed by atoms with Crippen molar-refractivity contribution in [3.05, 3.63) is 60.2 Å². The minimum atomic E-state index is -0.165. The van der Waals surface area contributed by atoms with Crippen LogP contribution in [0.2, 0.25) is 0 Å². The number of para-hydroxylation sites is 2. The number of nitrogens with one attached hydrogen (secondary N) is 1. The SMILES string of the molecule is CCCCCCCCCCCCCCCCCCn1c(CNC(=O)c2ccccn2)nc2ccccc21. The Labute approximate surface area is 224 Å². The van der Waals surface area contributed by atoms with E-state index in [0.29, 0.717) is 12.2 Å². The topological polar surface area (TPSA) is 59.8 Å². The summed E-state index contributed by atoms with van der Waals surface area (Å²) in [7, 11) is 0. The van der Waals surface area contributed by atoms with E-state index in [-0.39, 0.29) is 5.91 Å². The minimum absolute atomic E-state index is 0.165. The summed E-state index contributed by atoms with van der Waals surface area (Å²) in [6, 6.07) is 13.6. The van der Waals surface area contributed by atoms with Crippen molar-refractivity contribution in [2.75, 3.05) is 0 Å². The zero-order valence-electron chi connectivity index (χ0n) is 23.1. The maximum atomic E-state index is 12.5. The molecule has 1 N–H and O–H groups in total. The predicted octanol–water partition coefficient (Wildman–Crippen LogP) is 8.62. The zero-order valence-corrected chi connectivity index (χ0v) is 23.1. The Hall–Kier alpha value is -2.69. The van der Waals surface area contributed by atoms with Crippen LogP contribution in [0.1, 0.15) is 126 Å². The number of rotatable bonds is 20. The molecule has 37 heavy (non-hydrogen) atoms. The summed E-state index contributed by atoms with van der Waals surface area (Å²) >= 11 is 0. The van der Waals surface area contributed by atoms with Gasteiger partial charge in [-0.15, -0.1) is 0 Å². The number of aromatic nitrogens is 3. The van der Waals surface area contributed by atoms with Crippen LogP contribution in [0.25, 0.3) is 11.0 Å². The van der Waals surface area contributed by atoms with E-state index in [2.05, 4.69) is 33.9 Å². The van der Waals surface area contributed by atoms with Crippen LogP contribution in [0.3, 0.4) is 0 Å². The van der Waals surface area contributed by atoms with Gasteiger partial charge in [0.15, 0.2) is 0 Å². The average molecular weight is 505 g/mol. The number of carbonyl (C=O) groups excluding carboxylic acids is 1. The third kappa shape index (κ3) is 10.7. The first-order chi connectivity index (χ1) is 18.3. The molecule has 2 aromatic heterocycles. The second kappa shape index (κ2) is 17.7. The summed E-state index contributed by atoms with van der Waals surface area (Å²) in [5.41, 5.74) is 2.56. The van der Waals surface area contributed by atoms with E-state index in [4.69, 9.17) is 4.98 Å². The Morgan fingerprint density at radius 2 is 1.30 bits per heavy atom.